The Balaban J connectivity index is 1.98. The maximum atomic E-state index is 6.47. The number of hydrogen-bond acceptors (Lipinski definition) is 2. The lowest BCUT2D eigenvalue weighted by atomic mass is 9.87. The van der Waals surface area contributed by atoms with Crippen molar-refractivity contribution >= 4 is 28.2 Å². The van der Waals surface area contributed by atoms with Gasteiger partial charge in [-0.3, -0.25) is 4.98 Å². The maximum Gasteiger partial charge on any atom is 0.0752 e. The second kappa shape index (κ2) is 5.61. The highest BCUT2D eigenvalue weighted by atomic mass is 35.5. The monoisotopic (exact) mass is 288 g/mol. The SMILES string of the molecule is Cc1cc(Cl)c(NC2CCCC(C)C2)c2cccnc12. The van der Waals surface area contributed by atoms with Crippen LogP contribution in [0.15, 0.2) is 24.4 Å². The Morgan fingerprint density at radius 1 is 1.35 bits per heavy atom. The zero-order valence-electron chi connectivity index (χ0n) is 12.1. The molecule has 2 atom stereocenters. The number of benzene rings is 1. The van der Waals surface area contributed by atoms with E-state index in [9.17, 15) is 0 Å². The van der Waals surface area contributed by atoms with E-state index in [0.717, 1.165) is 33.1 Å². The van der Waals surface area contributed by atoms with Gasteiger partial charge in [0.1, 0.15) is 0 Å². The van der Waals surface area contributed by atoms with Crippen molar-refractivity contribution in [1.82, 2.24) is 4.98 Å². The number of hydrogen-bond donors (Lipinski definition) is 1. The molecular formula is C17H21ClN2. The number of anilines is 1. The second-order valence-electron chi connectivity index (χ2n) is 6.06. The van der Waals surface area contributed by atoms with Crippen molar-refractivity contribution in [1.29, 1.82) is 0 Å². The first-order chi connectivity index (χ1) is 9.65. The molecule has 1 fully saturated rings. The highest BCUT2D eigenvalue weighted by Gasteiger charge is 2.20. The van der Waals surface area contributed by atoms with Crippen LogP contribution in [0.25, 0.3) is 10.9 Å². The first kappa shape index (κ1) is 13.7. The van der Waals surface area contributed by atoms with Crippen LogP contribution >= 0.6 is 11.6 Å². The molecule has 1 aliphatic carbocycles. The van der Waals surface area contributed by atoms with E-state index in [-0.39, 0.29) is 0 Å². The Morgan fingerprint density at radius 2 is 2.20 bits per heavy atom. The molecule has 0 radical (unpaired) electrons. The highest BCUT2D eigenvalue weighted by Crippen LogP contribution is 2.35. The topological polar surface area (TPSA) is 24.9 Å². The van der Waals surface area contributed by atoms with Gasteiger partial charge < -0.3 is 5.32 Å². The molecule has 1 saturated carbocycles. The standard InChI is InChI=1S/C17H21ClN2/c1-11-5-3-6-13(9-11)20-17-14-7-4-8-19-16(14)12(2)10-15(17)18/h4,7-8,10-11,13,20H,3,5-6,9H2,1-2H3. The van der Waals surface area contributed by atoms with Crippen LogP contribution in [0, 0.1) is 12.8 Å². The normalized spacial score (nSPS) is 22.9. The lowest BCUT2D eigenvalue weighted by Crippen LogP contribution is -2.26. The summed E-state index contributed by atoms with van der Waals surface area (Å²) < 4.78 is 0. The van der Waals surface area contributed by atoms with Crippen molar-refractivity contribution in [2.24, 2.45) is 5.92 Å². The Morgan fingerprint density at radius 3 is 3.00 bits per heavy atom. The number of pyridine rings is 1. The van der Waals surface area contributed by atoms with Gasteiger partial charge in [0.2, 0.25) is 0 Å². The van der Waals surface area contributed by atoms with E-state index in [1.54, 1.807) is 0 Å². The number of nitrogens with one attached hydrogen (secondary N) is 1. The Hall–Kier alpha value is -1.28. The van der Waals surface area contributed by atoms with E-state index in [1.807, 2.05) is 18.3 Å². The van der Waals surface area contributed by atoms with E-state index in [1.165, 1.54) is 25.7 Å². The van der Waals surface area contributed by atoms with Gasteiger partial charge in [-0.25, -0.2) is 0 Å². The molecule has 2 aromatic rings. The van der Waals surface area contributed by atoms with Crippen molar-refractivity contribution in [3.8, 4) is 0 Å². The largest absolute Gasteiger partial charge is 0.381 e. The molecule has 106 valence electrons. The van der Waals surface area contributed by atoms with Crippen molar-refractivity contribution in [2.75, 3.05) is 5.32 Å². The number of fused-ring (bicyclic) bond motifs is 1. The summed E-state index contributed by atoms with van der Waals surface area (Å²) in [6.07, 6.45) is 6.96. The van der Waals surface area contributed by atoms with Gasteiger partial charge in [0.15, 0.2) is 0 Å². The molecule has 2 nitrogen and oxygen atoms in total. The molecule has 3 rings (SSSR count). The molecule has 2 unspecified atom stereocenters. The quantitative estimate of drug-likeness (QED) is 0.823. The minimum absolute atomic E-state index is 0.530. The molecular weight excluding hydrogens is 268 g/mol. The van der Waals surface area contributed by atoms with Gasteiger partial charge in [-0.1, -0.05) is 31.4 Å². The molecule has 3 heteroatoms. The predicted molar refractivity (Wildman–Crippen MR) is 86.5 cm³/mol. The Labute approximate surface area is 125 Å². The average molecular weight is 289 g/mol. The summed E-state index contributed by atoms with van der Waals surface area (Å²) in [6, 6.07) is 6.64. The fourth-order valence-electron chi connectivity index (χ4n) is 3.30. The van der Waals surface area contributed by atoms with Crippen LogP contribution in [0.4, 0.5) is 5.69 Å². The third-order valence-electron chi connectivity index (χ3n) is 4.32. The van der Waals surface area contributed by atoms with Gasteiger partial charge >= 0.3 is 0 Å². The van der Waals surface area contributed by atoms with E-state index in [4.69, 9.17) is 11.6 Å². The smallest absolute Gasteiger partial charge is 0.0752 e. The summed E-state index contributed by atoms with van der Waals surface area (Å²) in [7, 11) is 0. The van der Waals surface area contributed by atoms with Crippen LogP contribution in [-0.2, 0) is 0 Å². The summed E-state index contributed by atoms with van der Waals surface area (Å²) >= 11 is 6.47. The molecule has 0 saturated heterocycles. The molecule has 20 heavy (non-hydrogen) atoms. The van der Waals surface area contributed by atoms with Gasteiger partial charge in [-0.05, 0) is 49.4 Å². The molecule has 0 aliphatic heterocycles. The summed E-state index contributed by atoms with van der Waals surface area (Å²) in [6.45, 7) is 4.40. The zero-order chi connectivity index (χ0) is 14.1. The van der Waals surface area contributed by atoms with E-state index in [2.05, 4.69) is 30.2 Å². The van der Waals surface area contributed by atoms with Crippen LogP contribution in [0.3, 0.4) is 0 Å². The van der Waals surface area contributed by atoms with Crippen LogP contribution in [0.5, 0.6) is 0 Å². The van der Waals surface area contributed by atoms with Gasteiger partial charge in [0.25, 0.3) is 0 Å². The van der Waals surface area contributed by atoms with E-state index < -0.39 is 0 Å². The molecule has 1 heterocycles. The van der Waals surface area contributed by atoms with Gasteiger partial charge in [0.05, 0.1) is 16.2 Å². The van der Waals surface area contributed by atoms with E-state index in [0.29, 0.717) is 6.04 Å². The summed E-state index contributed by atoms with van der Waals surface area (Å²) in [5.41, 5.74) is 3.23. The van der Waals surface area contributed by atoms with Crippen molar-refractivity contribution < 1.29 is 0 Å². The first-order valence-electron chi connectivity index (χ1n) is 7.45. The molecule has 1 aliphatic rings. The molecule has 0 amide bonds. The molecule has 0 bridgehead atoms. The molecule has 0 spiro atoms. The Bertz CT molecular complexity index is 624. The summed E-state index contributed by atoms with van der Waals surface area (Å²) in [5, 5.41) is 5.62. The third-order valence-corrected chi connectivity index (χ3v) is 4.62. The average Bonchev–Trinajstić information content (AvgIpc) is 2.43. The van der Waals surface area contributed by atoms with Crippen LogP contribution in [0.2, 0.25) is 5.02 Å². The van der Waals surface area contributed by atoms with Crippen molar-refractivity contribution in [3.05, 3.63) is 35.0 Å². The molecule has 1 N–H and O–H groups in total. The maximum absolute atomic E-state index is 6.47. The zero-order valence-corrected chi connectivity index (χ0v) is 12.9. The number of aryl methyl sites for hydroxylation is 1. The predicted octanol–water partition coefficient (Wildman–Crippen LogP) is 5.19. The minimum Gasteiger partial charge on any atom is -0.381 e. The lowest BCUT2D eigenvalue weighted by Gasteiger charge is -2.29. The molecule has 1 aromatic heterocycles. The van der Waals surface area contributed by atoms with Gasteiger partial charge in [-0.2, -0.15) is 0 Å². The Kier molecular flexibility index (Phi) is 3.84. The van der Waals surface area contributed by atoms with Gasteiger partial charge in [0, 0.05) is 17.6 Å². The first-order valence-corrected chi connectivity index (χ1v) is 7.83. The van der Waals surface area contributed by atoms with Gasteiger partial charge in [-0.15, -0.1) is 0 Å². The van der Waals surface area contributed by atoms with Crippen LogP contribution in [-0.4, -0.2) is 11.0 Å². The number of aromatic nitrogens is 1. The number of nitrogens with zero attached hydrogens (tertiary/aromatic N) is 1. The number of rotatable bonds is 2. The highest BCUT2D eigenvalue weighted by molar-refractivity contribution is 6.35. The fraction of sp³-hybridized carbons (Fsp3) is 0.471. The number of halogens is 1. The van der Waals surface area contributed by atoms with Crippen LogP contribution < -0.4 is 5.32 Å². The minimum atomic E-state index is 0.530. The summed E-state index contributed by atoms with van der Waals surface area (Å²) in [4.78, 5) is 4.49. The second-order valence-corrected chi connectivity index (χ2v) is 6.47. The van der Waals surface area contributed by atoms with E-state index >= 15 is 0 Å². The lowest BCUT2D eigenvalue weighted by molar-refractivity contribution is 0.359. The third kappa shape index (κ3) is 2.62. The molecule has 1 aromatic carbocycles. The summed E-state index contributed by atoms with van der Waals surface area (Å²) in [5.74, 6) is 0.801. The van der Waals surface area contributed by atoms with Crippen LogP contribution in [0.1, 0.15) is 38.2 Å². The van der Waals surface area contributed by atoms with Crippen molar-refractivity contribution in [3.63, 3.8) is 0 Å². The fourth-order valence-corrected chi connectivity index (χ4v) is 3.62. The van der Waals surface area contributed by atoms with Crippen molar-refractivity contribution in [2.45, 2.75) is 45.6 Å².